The second-order valence-corrected chi connectivity index (χ2v) is 4.77. The molecule has 94 valence electrons. The summed E-state index contributed by atoms with van der Waals surface area (Å²) >= 11 is 0. The highest BCUT2D eigenvalue weighted by Gasteiger charge is 2.21. The van der Waals surface area contributed by atoms with Crippen molar-refractivity contribution in [3.63, 3.8) is 0 Å². The Hall–Kier alpha value is -1.36. The van der Waals surface area contributed by atoms with Crippen molar-refractivity contribution in [2.45, 2.75) is 25.3 Å². The van der Waals surface area contributed by atoms with Gasteiger partial charge >= 0.3 is 0 Å². The van der Waals surface area contributed by atoms with E-state index in [0.29, 0.717) is 6.04 Å². The highest BCUT2D eigenvalue weighted by atomic mass is 15.2. The third-order valence-corrected chi connectivity index (χ3v) is 2.65. The molecule has 5 nitrogen and oxygen atoms in total. The van der Waals surface area contributed by atoms with Crippen molar-refractivity contribution in [2.75, 3.05) is 37.8 Å². The molecule has 17 heavy (non-hydrogen) atoms. The molecule has 1 aromatic heterocycles. The van der Waals surface area contributed by atoms with Crippen LogP contribution in [0.3, 0.4) is 0 Å². The van der Waals surface area contributed by atoms with Crippen LogP contribution in [0.25, 0.3) is 0 Å². The summed E-state index contributed by atoms with van der Waals surface area (Å²) in [6.45, 7) is 2.03. The van der Waals surface area contributed by atoms with Gasteiger partial charge in [0, 0.05) is 18.8 Å². The molecular weight excluding hydrogens is 214 g/mol. The van der Waals surface area contributed by atoms with Crippen LogP contribution in [-0.4, -0.2) is 48.1 Å². The zero-order valence-electron chi connectivity index (χ0n) is 10.6. The number of nitrogens with one attached hydrogen (secondary N) is 2. The van der Waals surface area contributed by atoms with E-state index in [-0.39, 0.29) is 0 Å². The third kappa shape index (κ3) is 4.56. The second kappa shape index (κ2) is 5.82. The van der Waals surface area contributed by atoms with Crippen LogP contribution >= 0.6 is 0 Å². The zero-order valence-corrected chi connectivity index (χ0v) is 10.6. The molecule has 5 heteroatoms. The Balaban J connectivity index is 1.75. The minimum absolute atomic E-state index is 0.596. The quantitative estimate of drug-likeness (QED) is 0.700. The van der Waals surface area contributed by atoms with Crippen LogP contribution in [0, 0.1) is 0 Å². The van der Waals surface area contributed by atoms with Gasteiger partial charge in [0.1, 0.15) is 5.82 Å². The van der Waals surface area contributed by atoms with Crippen LogP contribution in [0.5, 0.6) is 0 Å². The number of hydrogen-bond acceptors (Lipinski definition) is 5. The third-order valence-electron chi connectivity index (χ3n) is 2.65. The van der Waals surface area contributed by atoms with Crippen LogP contribution in [0.1, 0.15) is 19.3 Å². The maximum Gasteiger partial charge on any atom is 0.224 e. The molecule has 0 amide bonds. The number of aromatic nitrogens is 2. The molecule has 1 saturated carbocycles. The van der Waals surface area contributed by atoms with Crippen molar-refractivity contribution in [3.05, 3.63) is 12.3 Å². The summed E-state index contributed by atoms with van der Waals surface area (Å²) in [7, 11) is 4.17. The highest BCUT2D eigenvalue weighted by molar-refractivity contribution is 5.40. The van der Waals surface area contributed by atoms with E-state index in [1.807, 2.05) is 6.07 Å². The maximum absolute atomic E-state index is 4.42. The van der Waals surface area contributed by atoms with E-state index in [1.165, 1.54) is 12.8 Å². The first-order valence-electron chi connectivity index (χ1n) is 6.22. The molecule has 0 radical (unpaired) electrons. The Morgan fingerprint density at radius 1 is 1.41 bits per heavy atom. The molecule has 1 aromatic rings. The molecule has 0 spiro atoms. The van der Waals surface area contributed by atoms with Gasteiger partial charge in [-0.2, -0.15) is 4.98 Å². The molecule has 0 aliphatic heterocycles. The predicted molar refractivity (Wildman–Crippen MR) is 70.3 cm³/mol. The number of anilines is 2. The largest absolute Gasteiger partial charge is 0.370 e. The Bertz CT molecular complexity index is 349. The van der Waals surface area contributed by atoms with Crippen LogP contribution in [0.15, 0.2) is 12.3 Å². The molecule has 1 aliphatic carbocycles. The molecule has 1 fully saturated rings. The summed E-state index contributed by atoms with van der Waals surface area (Å²) in [5.41, 5.74) is 0. The Morgan fingerprint density at radius 2 is 2.24 bits per heavy atom. The lowest BCUT2D eigenvalue weighted by Gasteiger charge is -2.10. The van der Waals surface area contributed by atoms with Gasteiger partial charge in [0.15, 0.2) is 0 Å². The van der Waals surface area contributed by atoms with E-state index in [0.717, 1.165) is 31.3 Å². The first kappa shape index (κ1) is 12.1. The van der Waals surface area contributed by atoms with E-state index in [9.17, 15) is 0 Å². The van der Waals surface area contributed by atoms with Gasteiger partial charge in [-0.3, -0.25) is 0 Å². The maximum atomic E-state index is 4.42. The summed E-state index contributed by atoms with van der Waals surface area (Å²) in [5, 5.41) is 6.61. The Kier molecular flexibility index (Phi) is 4.14. The molecule has 0 saturated heterocycles. The smallest absolute Gasteiger partial charge is 0.224 e. The van der Waals surface area contributed by atoms with Crippen LogP contribution in [0.2, 0.25) is 0 Å². The molecule has 0 bridgehead atoms. The minimum Gasteiger partial charge on any atom is -0.370 e. The van der Waals surface area contributed by atoms with E-state index in [4.69, 9.17) is 0 Å². The monoisotopic (exact) mass is 235 g/mol. The molecule has 0 unspecified atom stereocenters. The van der Waals surface area contributed by atoms with E-state index in [1.54, 1.807) is 6.20 Å². The summed E-state index contributed by atoms with van der Waals surface area (Å²) in [6.07, 6.45) is 5.39. The molecular formula is C12H21N5. The minimum atomic E-state index is 0.596. The predicted octanol–water partition coefficient (Wildman–Crippen LogP) is 1.41. The Labute approximate surface area is 103 Å². The highest BCUT2D eigenvalue weighted by Crippen LogP contribution is 2.22. The molecule has 2 rings (SSSR count). The molecule has 1 heterocycles. The second-order valence-electron chi connectivity index (χ2n) is 4.77. The SMILES string of the molecule is CN(C)CCCNc1ccnc(NC2CC2)n1. The van der Waals surface area contributed by atoms with Gasteiger partial charge in [-0.1, -0.05) is 0 Å². The van der Waals surface area contributed by atoms with Crippen LogP contribution < -0.4 is 10.6 Å². The summed E-state index contributed by atoms with van der Waals surface area (Å²) in [6, 6.07) is 2.51. The van der Waals surface area contributed by atoms with Crippen molar-refractivity contribution in [1.82, 2.24) is 14.9 Å². The molecule has 2 N–H and O–H groups in total. The van der Waals surface area contributed by atoms with E-state index >= 15 is 0 Å². The first-order chi connectivity index (χ1) is 8.24. The van der Waals surface area contributed by atoms with Gasteiger partial charge in [-0.05, 0) is 46.0 Å². The number of nitrogens with zero attached hydrogens (tertiary/aromatic N) is 3. The topological polar surface area (TPSA) is 53.1 Å². The van der Waals surface area contributed by atoms with E-state index < -0.39 is 0 Å². The van der Waals surface area contributed by atoms with Gasteiger partial charge in [0.25, 0.3) is 0 Å². The van der Waals surface area contributed by atoms with Crippen molar-refractivity contribution >= 4 is 11.8 Å². The van der Waals surface area contributed by atoms with Crippen LogP contribution in [0.4, 0.5) is 11.8 Å². The van der Waals surface area contributed by atoms with Crippen molar-refractivity contribution in [1.29, 1.82) is 0 Å². The Morgan fingerprint density at radius 3 is 2.94 bits per heavy atom. The lowest BCUT2D eigenvalue weighted by molar-refractivity contribution is 0.405. The number of rotatable bonds is 7. The van der Waals surface area contributed by atoms with Gasteiger partial charge in [-0.25, -0.2) is 4.98 Å². The summed E-state index contributed by atoms with van der Waals surface area (Å²) in [4.78, 5) is 10.8. The zero-order chi connectivity index (χ0) is 12.1. The van der Waals surface area contributed by atoms with Gasteiger partial charge in [0.2, 0.25) is 5.95 Å². The standard InChI is InChI=1S/C12H21N5/c1-17(2)9-3-7-13-11-6-8-14-12(16-11)15-10-4-5-10/h6,8,10H,3-5,7,9H2,1-2H3,(H2,13,14,15,16). The average Bonchev–Trinajstić information content (AvgIpc) is 3.09. The fourth-order valence-corrected chi connectivity index (χ4v) is 1.55. The molecule has 1 aliphatic rings. The first-order valence-corrected chi connectivity index (χ1v) is 6.22. The van der Waals surface area contributed by atoms with Crippen molar-refractivity contribution in [2.24, 2.45) is 0 Å². The summed E-state index contributed by atoms with van der Waals surface area (Å²) < 4.78 is 0. The normalized spacial score (nSPS) is 15.0. The lowest BCUT2D eigenvalue weighted by Crippen LogP contribution is -2.17. The fourth-order valence-electron chi connectivity index (χ4n) is 1.55. The van der Waals surface area contributed by atoms with Gasteiger partial charge < -0.3 is 15.5 Å². The molecule has 0 aromatic carbocycles. The summed E-state index contributed by atoms with van der Waals surface area (Å²) in [5.74, 6) is 1.65. The van der Waals surface area contributed by atoms with Crippen molar-refractivity contribution < 1.29 is 0 Å². The fraction of sp³-hybridized carbons (Fsp3) is 0.667. The van der Waals surface area contributed by atoms with Crippen molar-refractivity contribution in [3.8, 4) is 0 Å². The average molecular weight is 235 g/mol. The van der Waals surface area contributed by atoms with Gasteiger partial charge in [-0.15, -0.1) is 0 Å². The van der Waals surface area contributed by atoms with Gasteiger partial charge in [0.05, 0.1) is 0 Å². The molecule has 0 atom stereocenters. The number of hydrogen-bond donors (Lipinski definition) is 2. The lowest BCUT2D eigenvalue weighted by atomic mass is 10.4. The van der Waals surface area contributed by atoms with Crippen LogP contribution in [-0.2, 0) is 0 Å². The van der Waals surface area contributed by atoms with E-state index in [2.05, 4.69) is 39.6 Å².